The minimum atomic E-state index is -4.10. The van der Waals surface area contributed by atoms with Gasteiger partial charge in [0.25, 0.3) is 15.9 Å². The Balaban J connectivity index is 1.62. The van der Waals surface area contributed by atoms with Gasteiger partial charge < -0.3 is 14.8 Å². The van der Waals surface area contributed by atoms with E-state index in [9.17, 15) is 21.6 Å². The van der Waals surface area contributed by atoms with Crippen molar-refractivity contribution in [2.45, 2.75) is 16.2 Å². The van der Waals surface area contributed by atoms with E-state index in [1.165, 1.54) is 79.2 Å². The molecule has 4 rings (SSSR count). The maximum atomic E-state index is 13.3. The third-order valence-corrected chi connectivity index (χ3v) is 9.42. The number of hydrogen-bond donors (Lipinski definition) is 2. The van der Waals surface area contributed by atoms with Crippen LogP contribution in [-0.4, -0.2) is 54.4 Å². The summed E-state index contributed by atoms with van der Waals surface area (Å²) in [6.45, 7) is 0.695. The molecule has 0 unspecified atom stereocenters. The molecule has 0 aliphatic carbocycles. The Morgan fingerprint density at radius 3 is 2.08 bits per heavy atom. The zero-order chi connectivity index (χ0) is 28.2. The van der Waals surface area contributed by atoms with Crippen LogP contribution in [0.3, 0.4) is 0 Å². The molecule has 3 aromatic carbocycles. The quantitative estimate of drug-likeness (QED) is 0.353. The second-order valence-electron chi connectivity index (χ2n) is 8.41. The third-order valence-electron chi connectivity index (χ3n) is 5.91. The molecule has 2 N–H and O–H groups in total. The SMILES string of the molecule is COc1cc(NS(=O)(=O)c2ccc(Cl)cc2)c(C(=O)Nc2ccc(S(=O)(=O)N3CC=CCC3)cc2)cc1OC. The molecule has 1 aliphatic rings. The van der Waals surface area contributed by atoms with Crippen molar-refractivity contribution in [2.75, 3.05) is 37.3 Å². The average molecular weight is 592 g/mol. The van der Waals surface area contributed by atoms with Crippen LogP contribution in [0.2, 0.25) is 5.02 Å². The van der Waals surface area contributed by atoms with Gasteiger partial charge in [-0.25, -0.2) is 16.8 Å². The molecule has 13 heteroatoms. The first kappa shape index (κ1) is 28.4. The molecule has 0 atom stereocenters. The van der Waals surface area contributed by atoms with Crippen molar-refractivity contribution in [1.29, 1.82) is 0 Å². The number of methoxy groups -OCH3 is 2. The van der Waals surface area contributed by atoms with Crippen LogP contribution in [0.5, 0.6) is 11.5 Å². The summed E-state index contributed by atoms with van der Waals surface area (Å²) >= 11 is 5.88. The first-order chi connectivity index (χ1) is 18.5. The molecule has 10 nitrogen and oxygen atoms in total. The van der Waals surface area contributed by atoms with E-state index in [-0.39, 0.29) is 32.5 Å². The van der Waals surface area contributed by atoms with Gasteiger partial charge >= 0.3 is 0 Å². The highest BCUT2D eigenvalue weighted by atomic mass is 35.5. The number of anilines is 2. The van der Waals surface area contributed by atoms with Crippen LogP contribution < -0.4 is 19.5 Å². The second kappa shape index (κ2) is 11.7. The smallest absolute Gasteiger partial charge is 0.261 e. The van der Waals surface area contributed by atoms with Crippen molar-refractivity contribution in [2.24, 2.45) is 0 Å². The minimum Gasteiger partial charge on any atom is -0.493 e. The zero-order valence-corrected chi connectivity index (χ0v) is 23.4. The average Bonchev–Trinajstić information content (AvgIpc) is 2.93. The summed E-state index contributed by atoms with van der Waals surface area (Å²) in [5.74, 6) is -0.263. The Morgan fingerprint density at radius 1 is 0.872 bits per heavy atom. The van der Waals surface area contributed by atoms with Crippen LogP contribution >= 0.6 is 11.6 Å². The number of benzene rings is 3. The fourth-order valence-corrected chi connectivity index (χ4v) is 6.47. The maximum absolute atomic E-state index is 13.3. The highest BCUT2D eigenvalue weighted by Gasteiger charge is 2.25. The number of ether oxygens (including phenoxy) is 2. The number of hydrogen-bond acceptors (Lipinski definition) is 7. The molecular formula is C26H26ClN3O7S2. The molecule has 0 bridgehead atoms. The molecule has 3 aromatic rings. The lowest BCUT2D eigenvalue weighted by Crippen LogP contribution is -2.33. The van der Waals surface area contributed by atoms with Crippen LogP contribution in [0.1, 0.15) is 16.8 Å². The first-order valence-electron chi connectivity index (χ1n) is 11.7. The largest absolute Gasteiger partial charge is 0.493 e. The van der Waals surface area contributed by atoms with Gasteiger partial charge in [-0.3, -0.25) is 9.52 Å². The standard InChI is InChI=1S/C26H26ClN3O7S2/c1-36-24-16-22(23(17-25(24)37-2)29-38(32,33)20-10-6-18(27)7-11-20)26(31)28-19-8-12-21(13-9-19)39(34,35)30-14-4-3-5-15-30/h3-4,6-13,16-17,29H,5,14-15H2,1-2H3,(H,28,31). The fraction of sp³-hybridized carbons (Fsp3) is 0.192. The predicted molar refractivity (Wildman–Crippen MR) is 149 cm³/mol. The number of halogens is 1. The van der Waals surface area contributed by atoms with E-state index in [0.717, 1.165) is 0 Å². The van der Waals surface area contributed by atoms with Crippen molar-refractivity contribution < 1.29 is 31.1 Å². The minimum absolute atomic E-state index is 0.0537. The van der Waals surface area contributed by atoms with Crippen LogP contribution in [0, 0.1) is 0 Å². The van der Waals surface area contributed by atoms with E-state index in [1.807, 2.05) is 6.08 Å². The van der Waals surface area contributed by atoms with Crippen LogP contribution in [0.25, 0.3) is 0 Å². The third kappa shape index (κ3) is 6.36. The summed E-state index contributed by atoms with van der Waals surface area (Å²) < 4.78 is 66.2. The molecule has 0 fully saturated rings. The van der Waals surface area contributed by atoms with E-state index in [1.54, 1.807) is 6.08 Å². The molecule has 0 spiro atoms. The first-order valence-corrected chi connectivity index (χ1v) is 15.0. The summed E-state index contributed by atoms with van der Waals surface area (Å²) in [7, 11) is -5.01. The number of carbonyl (C=O) groups excluding carboxylic acids is 1. The maximum Gasteiger partial charge on any atom is 0.261 e. The number of amides is 1. The Bertz CT molecular complexity index is 1610. The van der Waals surface area contributed by atoms with Gasteiger partial charge in [0.2, 0.25) is 10.0 Å². The molecule has 0 aromatic heterocycles. The van der Waals surface area contributed by atoms with Gasteiger partial charge in [0, 0.05) is 29.9 Å². The van der Waals surface area contributed by atoms with E-state index < -0.39 is 26.0 Å². The van der Waals surface area contributed by atoms with Crippen LogP contribution in [-0.2, 0) is 20.0 Å². The summed E-state index contributed by atoms with van der Waals surface area (Å²) in [6.07, 6.45) is 4.38. The van der Waals surface area contributed by atoms with E-state index >= 15 is 0 Å². The molecular weight excluding hydrogens is 566 g/mol. The van der Waals surface area contributed by atoms with Crippen molar-refractivity contribution in [3.63, 3.8) is 0 Å². The van der Waals surface area contributed by atoms with Gasteiger partial charge in [-0.2, -0.15) is 4.31 Å². The lowest BCUT2D eigenvalue weighted by atomic mass is 10.1. The Morgan fingerprint density at radius 2 is 1.49 bits per heavy atom. The van der Waals surface area contributed by atoms with E-state index in [0.29, 0.717) is 30.2 Å². The lowest BCUT2D eigenvalue weighted by Gasteiger charge is -2.22. The summed E-state index contributed by atoms with van der Waals surface area (Å²) in [4.78, 5) is 13.3. The van der Waals surface area contributed by atoms with E-state index in [4.69, 9.17) is 21.1 Å². The van der Waals surface area contributed by atoms with Gasteiger partial charge in [0.15, 0.2) is 11.5 Å². The fourth-order valence-electron chi connectivity index (χ4n) is 3.86. The zero-order valence-electron chi connectivity index (χ0n) is 21.0. The second-order valence-corrected chi connectivity index (χ2v) is 12.5. The van der Waals surface area contributed by atoms with Gasteiger partial charge in [0.1, 0.15) is 0 Å². The molecule has 0 saturated carbocycles. The summed E-state index contributed by atoms with van der Waals surface area (Å²) in [5.41, 5.74) is 0.193. The van der Waals surface area contributed by atoms with Crippen LogP contribution in [0.4, 0.5) is 11.4 Å². The molecule has 39 heavy (non-hydrogen) atoms. The molecule has 206 valence electrons. The molecule has 1 heterocycles. The van der Waals surface area contributed by atoms with Crippen molar-refractivity contribution in [3.8, 4) is 11.5 Å². The van der Waals surface area contributed by atoms with E-state index in [2.05, 4.69) is 10.0 Å². The summed E-state index contributed by atoms with van der Waals surface area (Å²) in [6, 6.07) is 14.0. The number of nitrogens with one attached hydrogen (secondary N) is 2. The number of nitrogens with zero attached hydrogens (tertiary/aromatic N) is 1. The normalized spacial score (nSPS) is 14.0. The molecule has 0 radical (unpaired) electrons. The molecule has 0 saturated heterocycles. The predicted octanol–water partition coefficient (Wildman–Crippen LogP) is 4.36. The van der Waals surface area contributed by atoms with Gasteiger partial charge in [0.05, 0.1) is 35.3 Å². The molecule has 1 aliphatic heterocycles. The number of sulfonamides is 2. The number of carbonyl (C=O) groups is 1. The van der Waals surface area contributed by atoms with Crippen molar-refractivity contribution in [3.05, 3.63) is 83.4 Å². The number of rotatable bonds is 9. The van der Waals surface area contributed by atoms with Gasteiger partial charge in [-0.15, -0.1) is 0 Å². The van der Waals surface area contributed by atoms with Gasteiger partial charge in [-0.05, 0) is 61.0 Å². The highest BCUT2D eigenvalue weighted by Crippen LogP contribution is 2.35. The van der Waals surface area contributed by atoms with Crippen molar-refractivity contribution >= 4 is 48.9 Å². The monoisotopic (exact) mass is 591 g/mol. The highest BCUT2D eigenvalue weighted by molar-refractivity contribution is 7.92. The Labute approximate surface area is 232 Å². The van der Waals surface area contributed by atoms with Gasteiger partial charge in [-0.1, -0.05) is 23.8 Å². The lowest BCUT2D eigenvalue weighted by molar-refractivity contribution is 0.102. The molecule has 1 amide bonds. The Kier molecular flexibility index (Phi) is 8.50. The summed E-state index contributed by atoms with van der Waals surface area (Å²) in [5, 5.41) is 3.04. The van der Waals surface area contributed by atoms with Crippen LogP contribution in [0.15, 0.2) is 82.6 Å². The van der Waals surface area contributed by atoms with Crippen molar-refractivity contribution in [1.82, 2.24) is 4.31 Å². The topological polar surface area (TPSA) is 131 Å². The Hall–Kier alpha value is -3.58.